The Balaban J connectivity index is 4.40. The fourth-order valence-corrected chi connectivity index (χ4v) is 0.889. The molecule has 3 N–H and O–H groups in total. The molecule has 0 aromatic heterocycles. The van der Waals surface area contributed by atoms with Gasteiger partial charge in [0.05, 0.1) is 6.42 Å². The average Bonchev–Trinajstić information content (AvgIpc) is 2.12. The lowest BCUT2D eigenvalue weighted by Crippen LogP contribution is -2.37. The van der Waals surface area contributed by atoms with E-state index in [9.17, 15) is 9.59 Å². The zero-order chi connectivity index (χ0) is 12.7. The van der Waals surface area contributed by atoms with Gasteiger partial charge < -0.3 is 15.5 Å². The molecule has 5 nitrogen and oxygen atoms in total. The van der Waals surface area contributed by atoms with Crippen molar-refractivity contribution in [1.29, 1.82) is 0 Å². The summed E-state index contributed by atoms with van der Waals surface area (Å²) in [5.74, 6) is -2.41. The highest BCUT2D eigenvalue weighted by atomic mass is 16.4. The molecule has 0 rings (SSSR count). The Labute approximate surface area is 93.8 Å². The summed E-state index contributed by atoms with van der Waals surface area (Å²) in [4.78, 5) is 21.1. The van der Waals surface area contributed by atoms with E-state index in [0.717, 1.165) is 5.57 Å². The third kappa shape index (κ3) is 6.42. The van der Waals surface area contributed by atoms with Crippen molar-refractivity contribution in [2.24, 2.45) is 0 Å². The van der Waals surface area contributed by atoms with Crippen molar-refractivity contribution in [3.05, 3.63) is 36.6 Å². The molecule has 0 heterocycles. The van der Waals surface area contributed by atoms with Crippen molar-refractivity contribution in [1.82, 2.24) is 5.32 Å². The second-order valence-corrected chi connectivity index (χ2v) is 3.34. The summed E-state index contributed by atoms with van der Waals surface area (Å²) < 4.78 is 0. The third-order valence-electron chi connectivity index (χ3n) is 1.61. The predicted molar refractivity (Wildman–Crippen MR) is 59.9 cm³/mol. The van der Waals surface area contributed by atoms with Gasteiger partial charge in [0.2, 0.25) is 0 Å². The molecule has 0 spiro atoms. The third-order valence-corrected chi connectivity index (χ3v) is 1.61. The number of hydrogen-bond donors (Lipinski definition) is 3. The van der Waals surface area contributed by atoms with Crippen molar-refractivity contribution in [2.45, 2.75) is 19.4 Å². The number of allylic oxidation sites excluding steroid dienone is 3. The van der Waals surface area contributed by atoms with Crippen molar-refractivity contribution in [2.75, 3.05) is 0 Å². The summed E-state index contributed by atoms with van der Waals surface area (Å²) in [6, 6.07) is -1.18. The SMILES string of the molecule is C=C(C)/C=C\C(=C)NC(CC(=O)O)C(=O)O. The van der Waals surface area contributed by atoms with Gasteiger partial charge in [-0.3, -0.25) is 4.79 Å². The van der Waals surface area contributed by atoms with Crippen molar-refractivity contribution in [3.63, 3.8) is 0 Å². The van der Waals surface area contributed by atoms with Gasteiger partial charge in [-0.25, -0.2) is 4.79 Å². The maximum atomic E-state index is 10.7. The van der Waals surface area contributed by atoms with E-state index in [1.165, 1.54) is 0 Å². The fraction of sp³-hybridized carbons (Fsp3) is 0.273. The molecule has 0 aliphatic heterocycles. The van der Waals surface area contributed by atoms with E-state index in [0.29, 0.717) is 5.70 Å². The Morgan fingerprint density at radius 1 is 1.31 bits per heavy atom. The molecule has 1 atom stereocenters. The molecule has 0 aliphatic rings. The quantitative estimate of drug-likeness (QED) is 0.566. The van der Waals surface area contributed by atoms with Gasteiger partial charge in [0.1, 0.15) is 6.04 Å². The standard InChI is InChI=1S/C11H15NO4/c1-7(2)4-5-8(3)12-9(11(15)16)6-10(13)14/h4-5,9,12H,1,3,6H2,2H3,(H,13,14)(H,15,16)/b5-4-. The second-order valence-electron chi connectivity index (χ2n) is 3.34. The first-order chi connectivity index (χ1) is 7.32. The molecule has 0 saturated heterocycles. The van der Waals surface area contributed by atoms with Crippen LogP contribution < -0.4 is 5.32 Å². The molecule has 0 saturated carbocycles. The average molecular weight is 225 g/mol. The molecule has 0 radical (unpaired) electrons. The van der Waals surface area contributed by atoms with Crippen LogP contribution in [0.3, 0.4) is 0 Å². The van der Waals surface area contributed by atoms with Crippen LogP contribution in [0.25, 0.3) is 0 Å². The van der Waals surface area contributed by atoms with Crippen LogP contribution in [-0.2, 0) is 9.59 Å². The lowest BCUT2D eigenvalue weighted by Gasteiger charge is -2.13. The monoisotopic (exact) mass is 225 g/mol. The van der Waals surface area contributed by atoms with Crippen LogP contribution in [0.1, 0.15) is 13.3 Å². The lowest BCUT2D eigenvalue weighted by molar-refractivity contribution is -0.145. The van der Waals surface area contributed by atoms with Gasteiger partial charge in [0, 0.05) is 5.70 Å². The Bertz CT molecular complexity index is 344. The van der Waals surface area contributed by atoms with E-state index in [-0.39, 0.29) is 0 Å². The van der Waals surface area contributed by atoms with Crippen LogP contribution >= 0.6 is 0 Å². The van der Waals surface area contributed by atoms with Crippen LogP contribution in [-0.4, -0.2) is 28.2 Å². The highest BCUT2D eigenvalue weighted by Crippen LogP contribution is 1.99. The molecule has 0 amide bonds. The normalized spacial score (nSPS) is 12.1. The largest absolute Gasteiger partial charge is 0.481 e. The minimum Gasteiger partial charge on any atom is -0.481 e. The summed E-state index contributed by atoms with van der Waals surface area (Å²) in [5.41, 5.74) is 1.12. The molecule has 1 unspecified atom stereocenters. The summed E-state index contributed by atoms with van der Waals surface area (Å²) >= 11 is 0. The number of aliphatic carboxylic acids is 2. The van der Waals surface area contributed by atoms with E-state index in [4.69, 9.17) is 10.2 Å². The first-order valence-electron chi connectivity index (χ1n) is 4.56. The van der Waals surface area contributed by atoms with E-state index in [1.807, 2.05) is 0 Å². The van der Waals surface area contributed by atoms with E-state index in [1.54, 1.807) is 19.1 Å². The summed E-state index contributed by atoms with van der Waals surface area (Å²) in [5, 5.41) is 19.7. The molecule has 0 aliphatic carbocycles. The van der Waals surface area contributed by atoms with Gasteiger partial charge in [0.25, 0.3) is 0 Å². The molecule has 0 aromatic carbocycles. The number of nitrogens with one attached hydrogen (secondary N) is 1. The van der Waals surface area contributed by atoms with E-state index >= 15 is 0 Å². The minimum atomic E-state index is -1.23. The predicted octanol–water partition coefficient (Wildman–Crippen LogP) is 1.15. The molecular formula is C11H15NO4. The van der Waals surface area contributed by atoms with Gasteiger partial charge in [-0.2, -0.15) is 0 Å². The second kappa shape index (κ2) is 6.44. The van der Waals surface area contributed by atoms with Gasteiger partial charge in [0.15, 0.2) is 0 Å². The lowest BCUT2D eigenvalue weighted by atomic mass is 10.2. The highest BCUT2D eigenvalue weighted by Gasteiger charge is 2.20. The topological polar surface area (TPSA) is 86.6 Å². The minimum absolute atomic E-state index is 0.330. The summed E-state index contributed by atoms with van der Waals surface area (Å²) in [6.07, 6.45) is 2.68. The highest BCUT2D eigenvalue weighted by molar-refractivity contribution is 5.80. The van der Waals surface area contributed by atoms with Crippen molar-refractivity contribution >= 4 is 11.9 Å². The van der Waals surface area contributed by atoms with E-state index < -0.39 is 24.4 Å². The van der Waals surface area contributed by atoms with Crippen molar-refractivity contribution < 1.29 is 19.8 Å². The van der Waals surface area contributed by atoms with Crippen LogP contribution in [0.15, 0.2) is 36.6 Å². The van der Waals surface area contributed by atoms with Gasteiger partial charge in [-0.05, 0) is 13.0 Å². The van der Waals surface area contributed by atoms with Crippen molar-refractivity contribution in [3.8, 4) is 0 Å². The van der Waals surface area contributed by atoms with Crippen LogP contribution in [0.5, 0.6) is 0 Å². The van der Waals surface area contributed by atoms with Crippen LogP contribution in [0.2, 0.25) is 0 Å². The van der Waals surface area contributed by atoms with Gasteiger partial charge >= 0.3 is 11.9 Å². The molecule has 88 valence electrons. The Morgan fingerprint density at radius 3 is 2.25 bits per heavy atom. The first kappa shape index (κ1) is 14.0. The zero-order valence-corrected chi connectivity index (χ0v) is 9.06. The first-order valence-corrected chi connectivity index (χ1v) is 4.56. The maximum absolute atomic E-state index is 10.7. The zero-order valence-electron chi connectivity index (χ0n) is 9.06. The molecule has 16 heavy (non-hydrogen) atoms. The Morgan fingerprint density at radius 2 is 1.88 bits per heavy atom. The van der Waals surface area contributed by atoms with Gasteiger partial charge in [-0.15, -0.1) is 0 Å². The number of hydrogen-bond acceptors (Lipinski definition) is 3. The van der Waals surface area contributed by atoms with E-state index in [2.05, 4.69) is 18.5 Å². The summed E-state index contributed by atoms with van der Waals surface area (Å²) in [6.45, 7) is 8.96. The van der Waals surface area contributed by atoms with Crippen LogP contribution in [0.4, 0.5) is 0 Å². The fourth-order valence-electron chi connectivity index (χ4n) is 0.889. The number of carbonyl (C=O) groups is 2. The molecular weight excluding hydrogens is 210 g/mol. The molecule has 0 bridgehead atoms. The van der Waals surface area contributed by atoms with Crippen LogP contribution in [0, 0.1) is 0 Å². The maximum Gasteiger partial charge on any atom is 0.326 e. The Hall–Kier alpha value is -2.04. The summed E-state index contributed by atoms with van der Waals surface area (Å²) in [7, 11) is 0. The number of rotatable bonds is 7. The molecule has 5 heteroatoms. The van der Waals surface area contributed by atoms with Gasteiger partial charge in [-0.1, -0.05) is 24.8 Å². The Kier molecular flexibility index (Phi) is 5.62. The number of carboxylic acid groups (broad SMARTS) is 2. The smallest absolute Gasteiger partial charge is 0.326 e. The molecule has 0 fully saturated rings. The molecule has 0 aromatic rings. The number of carboxylic acids is 2.